The SMILES string of the molecule is CC[C@H](C)NC(=O)[C@H](Cc1ccccc1)N(Cc1ccc(F)cc1)C(=O)CN(c1ccc(OC)cc1)S(=O)(=O)c1ccc(C)c([N+](=O)[O-])c1. The highest BCUT2D eigenvalue weighted by Crippen LogP contribution is 2.30. The fourth-order valence-corrected chi connectivity index (χ4v) is 6.57. The highest BCUT2D eigenvalue weighted by atomic mass is 32.2. The normalized spacial score (nSPS) is 12.4. The number of carbonyl (C=O) groups excluding carboxylic acids is 2. The predicted molar refractivity (Wildman–Crippen MR) is 184 cm³/mol. The van der Waals surface area contributed by atoms with Crippen molar-refractivity contribution in [2.75, 3.05) is 18.0 Å². The number of amides is 2. The van der Waals surface area contributed by atoms with Gasteiger partial charge in [0.1, 0.15) is 24.2 Å². The molecule has 1 N–H and O–H groups in total. The number of hydrogen-bond acceptors (Lipinski definition) is 7. The van der Waals surface area contributed by atoms with E-state index in [9.17, 15) is 32.5 Å². The molecule has 2 amide bonds. The van der Waals surface area contributed by atoms with E-state index in [4.69, 9.17) is 4.74 Å². The molecule has 4 rings (SSSR count). The van der Waals surface area contributed by atoms with E-state index in [2.05, 4.69) is 5.32 Å². The molecule has 2 atom stereocenters. The summed E-state index contributed by atoms with van der Waals surface area (Å²) in [5.74, 6) is -1.23. The zero-order valence-electron chi connectivity index (χ0n) is 27.7. The number of methoxy groups -OCH3 is 1. The molecule has 0 heterocycles. The van der Waals surface area contributed by atoms with Crippen molar-refractivity contribution >= 4 is 33.2 Å². The summed E-state index contributed by atoms with van der Waals surface area (Å²) in [7, 11) is -3.14. The Morgan fingerprint density at radius 3 is 2.20 bits per heavy atom. The second kappa shape index (κ2) is 16.2. The van der Waals surface area contributed by atoms with Crippen LogP contribution in [0.25, 0.3) is 0 Å². The summed E-state index contributed by atoms with van der Waals surface area (Å²) in [6, 6.07) is 22.7. The fraction of sp³-hybridized carbons (Fsp3) is 0.278. The van der Waals surface area contributed by atoms with Crippen molar-refractivity contribution in [3.8, 4) is 5.75 Å². The minimum absolute atomic E-state index is 0.0859. The maximum atomic E-state index is 14.6. The number of nitro benzene ring substituents is 1. The van der Waals surface area contributed by atoms with Gasteiger partial charge in [0.15, 0.2) is 0 Å². The Labute approximate surface area is 285 Å². The molecular weight excluding hydrogens is 651 g/mol. The number of nitrogens with zero attached hydrogens (tertiary/aromatic N) is 3. The Morgan fingerprint density at radius 2 is 1.61 bits per heavy atom. The minimum atomic E-state index is -4.59. The molecule has 0 aliphatic rings. The van der Waals surface area contributed by atoms with E-state index in [1.165, 1.54) is 79.6 Å². The van der Waals surface area contributed by atoms with Gasteiger partial charge in [0.25, 0.3) is 15.7 Å². The van der Waals surface area contributed by atoms with Crippen molar-refractivity contribution in [3.05, 3.63) is 130 Å². The second-order valence-corrected chi connectivity index (χ2v) is 13.4. The zero-order chi connectivity index (χ0) is 35.7. The zero-order valence-corrected chi connectivity index (χ0v) is 28.5. The standard InChI is InChI=1S/C36H39FN4O7S/c1-5-26(3)38-36(43)34(21-27-9-7-6-8-10-27)39(23-28-12-14-29(37)15-13-28)35(42)24-40(30-16-18-31(48-4)19-17-30)49(46,47)32-20-11-25(2)33(22-32)41(44)45/h6-20,22,26,34H,5,21,23-24H2,1-4H3,(H,38,43)/t26-,34-/m0/s1. The summed E-state index contributed by atoms with van der Waals surface area (Å²) in [5, 5.41) is 14.7. The molecular formula is C36H39FN4O7S. The molecule has 0 spiro atoms. The first kappa shape index (κ1) is 36.5. The first-order chi connectivity index (χ1) is 23.3. The van der Waals surface area contributed by atoms with Crippen LogP contribution in [0.5, 0.6) is 5.75 Å². The number of nitro groups is 1. The van der Waals surface area contributed by atoms with Gasteiger partial charge in [0.05, 0.1) is 22.6 Å². The number of hydrogen-bond donors (Lipinski definition) is 1. The third-order valence-electron chi connectivity index (χ3n) is 8.14. The van der Waals surface area contributed by atoms with E-state index in [1.54, 1.807) is 0 Å². The lowest BCUT2D eigenvalue weighted by molar-refractivity contribution is -0.385. The Balaban J connectivity index is 1.84. The number of carbonyl (C=O) groups is 2. The van der Waals surface area contributed by atoms with E-state index in [0.717, 1.165) is 15.9 Å². The monoisotopic (exact) mass is 690 g/mol. The molecule has 4 aromatic rings. The first-order valence-corrected chi connectivity index (χ1v) is 17.1. The third kappa shape index (κ3) is 9.20. The summed E-state index contributed by atoms with van der Waals surface area (Å²) in [4.78, 5) is 40.4. The van der Waals surface area contributed by atoms with Crippen LogP contribution in [-0.4, -0.2) is 55.8 Å². The Hall–Kier alpha value is -5.30. The van der Waals surface area contributed by atoms with Gasteiger partial charge in [-0.2, -0.15) is 0 Å². The number of benzene rings is 4. The van der Waals surface area contributed by atoms with Crippen molar-refractivity contribution in [2.45, 2.75) is 57.1 Å². The second-order valence-electron chi connectivity index (χ2n) is 11.6. The van der Waals surface area contributed by atoms with Gasteiger partial charge in [0, 0.05) is 30.6 Å². The van der Waals surface area contributed by atoms with Crippen LogP contribution < -0.4 is 14.4 Å². The van der Waals surface area contributed by atoms with Crippen molar-refractivity contribution in [3.63, 3.8) is 0 Å². The fourth-order valence-electron chi connectivity index (χ4n) is 5.13. The van der Waals surface area contributed by atoms with Crippen LogP contribution in [0, 0.1) is 22.9 Å². The van der Waals surface area contributed by atoms with Crippen LogP contribution in [-0.2, 0) is 32.6 Å². The average molecular weight is 691 g/mol. The van der Waals surface area contributed by atoms with Crippen LogP contribution >= 0.6 is 0 Å². The highest BCUT2D eigenvalue weighted by Gasteiger charge is 2.35. The Morgan fingerprint density at radius 1 is 0.959 bits per heavy atom. The number of aryl methyl sites for hydroxylation is 1. The first-order valence-electron chi connectivity index (χ1n) is 15.6. The molecule has 0 fully saturated rings. The molecule has 0 radical (unpaired) electrons. The van der Waals surface area contributed by atoms with E-state index < -0.39 is 55.7 Å². The lowest BCUT2D eigenvalue weighted by atomic mass is 10.0. The van der Waals surface area contributed by atoms with Crippen molar-refractivity contribution in [2.24, 2.45) is 0 Å². The van der Waals surface area contributed by atoms with E-state index in [0.29, 0.717) is 17.7 Å². The van der Waals surface area contributed by atoms with Gasteiger partial charge in [-0.1, -0.05) is 55.5 Å². The molecule has 0 aliphatic heterocycles. The van der Waals surface area contributed by atoms with Crippen LogP contribution in [0.2, 0.25) is 0 Å². The molecule has 4 aromatic carbocycles. The van der Waals surface area contributed by atoms with Gasteiger partial charge in [-0.25, -0.2) is 12.8 Å². The lowest BCUT2D eigenvalue weighted by Gasteiger charge is -2.34. The van der Waals surface area contributed by atoms with E-state index in [-0.39, 0.29) is 30.3 Å². The van der Waals surface area contributed by atoms with E-state index in [1.807, 2.05) is 44.2 Å². The summed E-state index contributed by atoms with van der Waals surface area (Å²) in [6.07, 6.45) is 0.734. The topological polar surface area (TPSA) is 139 Å². The predicted octanol–water partition coefficient (Wildman–Crippen LogP) is 5.80. The Bertz CT molecular complexity index is 1870. The van der Waals surface area contributed by atoms with Gasteiger partial charge >= 0.3 is 0 Å². The van der Waals surface area contributed by atoms with E-state index >= 15 is 0 Å². The van der Waals surface area contributed by atoms with Gasteiger partial charge in [-0.15, -0.1) is 0 Å². The summed E-state index contributed by atoms with van der Waals surface area (Å²) in [6.45, 7) is 4.33. The molecule has 0 unspecified atom stereocenters. The summed E-state index contributed by atoms with van der Waals surface area (Å²) < 4.78 is 48.5. The minimum Gasteiger partial charge on any atom is -0.497 e. The number of rotatable bonds is 15. The number of ether oxygens (including phenoxy) is 1. The molecule has 49 heavy (non-hydrogen) atoms. The third-order valence-corrected chi connectivity index (χ3v) is 9.91. The lowest BCUT2D eigenvalue weighted by Crippen LogP contribution is -2.54. The van der Waals surface area contributed by atoms with Crippen LogP contribution in [0.1, 0.15) is 37.0 Å². The quantitative estimate of drug-likeness (QED) is 0.123. The highest BCUT2D eigenvalue weighted by molar-refractivity contribution is 7.92. The van der Waals surface area contributed by atoms with Crippen molar-refractivity contribution in [1.82, 2.24) is 10.2 Å². The van der Waals surface area contributed by atoms with Gasteiger partial charge in [-0.3, -0.25) is 24.0 Å². The number of nitrogens with one attached hydrogen (secondary N) is 1. The van der Waals surface area contributed by atoms with Gasteiger partial charge in [0.2, 0.25) is 11.8 Å². The van der Waals surface area contributed by atoms with Crippen LogP contribution in [0.15, 0.2) is 102 Å². The van der Waals surface area contributed by atoms with Crippen molar-refractivity contribution < 1.29 is 32.1 Å². The molecule has 0 aromatic heterocycles. The molecule has 258 valence electrons. The molecule has 0 saturated carbocycles. The van der Waals surface area contributed by atoms with Crippen molar-refractivity contribution in [1.29, 1.82) is 0 Å². The maximum absolute atomic E-state index is 14.6. The molecule has 0 bridgehead atoms. The maximum Gasteiger partial charge on any atom is 0.273 e. The van der Waals surface area contributed by atoms with Crippen LogP contribution in [0.4, 0.5) is 15.8 Å². The summed E-state index contributed by atoms with van der Waals surface area (Å²) >= 11 is 0. The molecule has 0 aliphatic carbocycles. The average Bonchev–Trinajstić information content (AvgIpc) is 3.09. The largest absolute Gasteiger partial charge is 0.497 e. The Kier molecular flexibility index (Phi) is 12.1. The smallest absolute Gasteiger partial charge is 0.273 e. The van der Waals surface area contributed by atoms with Gasteiger partial charge in [-0.05, 0) is 73.9 Å². The number of sulfonamides is 1. The summed E-state index contributed by atoms with van der Waals surface area (Å²) in [5.41, 5.74) is 1.22. The van der Waals surface area contributed by atoms with Gasteiger partial charge < -0.3 is 15.0 Å². The molecule has 13 heteroatoms. The molecule has 11 nitrogen and oxygen atoms in total. The number of halogens is 1. The van der Waals surface area contributed by atoms with Crippen LogP contribution in [0.3, 0.4) is 0 Å². The number of anilines is 1. The molecule has 0 saturated heterocycles.